The molecule has 140 valence electrons. The van der Waals surface area contributed by atoms with Crippen molar-refractivity contribution in [3.63, 3.8) is 0 Å². The second kappa shape index (κ2) is 9.01. The molecule has 27 heavy (non-hydrogen) atoms. The summed E-state index contributed by atoms with van der Waals surface area (Å²) in [5.74, 6) is 2.35. The van der Waals surface area contributed by atoms with Crippen LogP contribution < -0.4 is 14.2 Å². The first-order valence-corrected chi connectivity index (χ1v) is 9.94. The van der Waals surface area contributed by atoms with E-state index in [1.165, 1.54) is 5.56 Å². The van der Waals surface area contributed by atoms with Gasteiger partial charge in [-0.25, -0.2) is 4.99 Å². The molecule has 0 spiro atoms. The molecular weight excluding hydrogens is 382 g/mol. The molecule has 0 saturated carbocycles. The Labute approximate surface area is 166 Å². The molecule has 2 aromatic rings. The molecule has 2 aromatic carbocycles. The fourth-order valence-electron chi connectivity index (χ4n) is 2.51. The van der Waals surface area contributed by atoms with Gasteiger partial charge in [0.05, 0.1) is 21.3 Å². The Morgan fingerprint density at radius 2 is 1.70 bits per heavy atom. The van der Waals surface area contributed by atoms with Crippen LogP contribution in [0.2, 0.25) is 0 Å². The number of rotatable bonds is 6. The van der Waals surface area contributed by atoms with Gasteiger partial charge in [0.1, 0.15) is 10.1 Å². The Morgan fingerprint density at radius 1 is 1.04 bits per heavy atom. The van der Waals surface area contributed by atoms with Gasteiger partial charge in [-0.2, -0.15) is 0 Å². The summed E-state index contributed by atoms with van der Waals surface area (Å²) >= 11 is 2.72. The molecule has 0 unspecified atom stereocenters. The second-order valence-electron chi connectivity index (χ2n) is 5.53. The minimum atomic E-state index is -0.0701. The van der Waals surface area contributed by atoms with Gasteiger partial charge < -0.3 is 14.2 Å². The van der Waals surface area contributed by atoms with E-state index in [2.05, 4.69) is 17.1 Å². The molecule has 0 atom stereocenters. The zero-order valence-electron chi connectivity index (χ0n) is 15.2. The minimum absolute atomic E-state index is 0.0701. The van der Waals surface area contributed by atoms with Crippen LogP contribution in [0.4, 0.5) is 0 Å². The van der Waals surface area contributed by atoms with E-state index in [4.69, 9.17) is 14.2 Å². The van der Waals surface area contributed by atoms with Crippen LogP contribution in [-0.2, 0) is 10.5 Å². The predicted octanol–water partition coefficient (Wildman–Crippen LogP) is 4.62. The molecule has 7 heteroatoms. The van der Waals surface area contributed by atoms with Gasteiger partial charge in [0.25, 0.3) is 0 Å². The van der Waals surface area contributed by atoms with Crippen molar-refractivity contribution in [1.29, 1.82) is 0 Å². The molecule has 0 radical (unpaired) electrons. The molecule has 0 aliphatic carbocycles. The average molecular weight is 402 g/mol. The third kappa shape index (κ3) is 4.67. The number of hydrogen-bond acceptors (Lipinski definition) is 7. The number of carbonyl (C=O) groups excluding carboxylic acids is 1. The number of benzene rings is 2. The van der Waals surface area contributed by atoms with Crippen molar-refractivity contribution in [3.05, 3.63) is 59.3 Å². The lowest BCUT2D eigenvalue weighted by atomic mass is 10.1. The highest BCUT2D eigenvalue weighted by atomic mass is 32.2. The molecule has 1 aliphatic rings. The molecular formula is C20H19NO4S2. The zero-order valence-corrected chi connectivity index (χ0v) is 16.9. The average Bonchev–Trinajstić information content (AvgIpc) is 3.05. The molecule has 3 rings (SSSR count). The first-order chi connectivity index (χ1) is 13.1. The Bertz CT molecular complexity index is 869. The Morgan fingerprint density at radius 3 is 2.30 bits per heavy atom. The molecule has 0 amide bonds. The van der Waals surface area contributed by atoms with E-state index in [9.17, 15) is 4.79 Å². The van der Waals surface area contributed by atoms with Gasteiger partial charge in [0.15, 0.2) is 11.5 Å². The van der Waals surface area contributed by atoms with E-state index in [1.54, 1.807) is 51.3 Å². The lowest BCUT2D eigenvalue weighted by molar-refractivity contribution is -0.107. The van der Waals surface area contributed by atoms with Gasteiger partial charge in [-0.1, -0.05) is 42.1 Å². The lowest BCUT2D eigenvalue weighted by Crippen LogP contribution is -1.96. The third-order valence-electron chi connectivity index (χ3n) is 3.80. The summed E-state index contributed by atoms with van der Waals surface area (Å²) in [6.45, 7) is 0. The lowest BCUT2D eigenvalue weighted by Gasteiger charge is -2.12. The summed E-state index contributed by atoms with van der Waals surface area (Å²) in [6.07, 6.45) is 1.73. The molecule has 0 aromatic heterocycles. The number of aliphatic imine (C=N–C) groups is 1. The van der Waals surface area contributed by atoms with E-state index < -0.39 is 0 Å². The predicted molar refractivity (Wildman–Crippen MR) is 112 cm³/mol. The van der Waals surface area contributed by atoms with Crippen LogP contribution in [0, 0.1) is 0 Å². The number of methoxy groups -OCH3 is 3. The number of ether oxygens (including phenoxy) is 3. The Kier molecular flexibility index (Phi) is 6.47. The summed E-state index contributed by atoms with van der Waals surface area (Å²) in [4.78, 5) is 16.8. The molecule has 0 bridgehead atoms. The van der Waals surface area contributed by atoms with Crippen molar-refractivity contribution in [1.82, 2.24) is 0 Å². The van der Waals surface area contributed by atoms with Crippen LogP contribution in [0.25, 0.3) is 6.08 Å². The van der Waals surface area contributed by atoms with Crippen molar-refractivity contribution >= 4 is 39.1 Å². The van der Waals surface area contributed by atoms with Gasteiger partial charge in [-0.3, -0.25) is 4.79 Å². The molecule has 1 aliphatic heterocycles. The molecule has 1 heterocycles. The summed E-state index contributed by atoms with van der Waals surface area (Å²) in [5, 5.41) is -0.0701. The summed E-state index contributed by atoms with van der Waals surface area (Å²) in [6, 6.07) is 13.7. The quantitative estimate of drug-likeness (QED) is 0.659. The van der Waals surface area contributed by atoms with Crippen LogP contribution >= 0.6 is 23.5 Å². The molecule has 0 N–H and O–H groups in total. The van der Waals surface area contributed by atoms with E-state index >= 15 is 0 Å². The summed E-state index contributed by atoms with van der Waals surface area (Å²) in [5.41, 5.74) is 2.36. The first-order valence-electron chi connectivity index (χ1n) is 8.14. The van der Waals surface area contributed by atoms with Crippen LogP contribution in [0.3, 0.4) is 0 Å². The largest absolute Gasteiger partial charge is 0.493 e. The number of carbonyl (C=O) groups is 1. The highest BCUT2D eigenvalue weighted by Gasteiger charge is 2.23. The zero-order chi connectivity index (χ0) is 19.2. The van der Waals surface area contributed by atoms with E-state index in [0.29, 0.717) is 22.9 Å². The first kappa shape index (κ1) is 19.4. The van der Waals surface area contributed by atoms with Crippen LogP contribution in [0.5, 0.6) is 17.2 Å². The SMILES string of the molecule is COc1cc(/C=C2/N=C(SCc3ccccc3)SC2=O)cc(OC)c1OC. The fraction of sp³-hybridized carbons (Fsp3) is 0.200. The van der Waals surface area contributed by atoms with E-state index in [-0.39, 0.29) is 5.12 Å². The van der Waals surface area contributed by atoms with Gasteiger partial charge in [-0.15, -0.1) is 0 Å². The number of nitrogens with zero attached hydrogens (tertiary/aromatic N) is 1. The van der Waals surface area contributed by atoms with Gasteiger partial charge in [0, 0.05) is 5.75 Å². The highest BCUT2D eigenvalue weighted by Crippen LogP contribution is 2.39. The Hall–Kier alpha value is -2.38. The smallest absolute Gasteiger partial charge is 0.244 e. The van der Waals surface area contributed by atoms with Crippen molar-refractivity contribution in [3.8, 4) is 17.2 Å². The Balaban J connectivity index is 1.81. The topological polar surface area (TPSA) is 57.1 Å². The molecule has 0 fully saturated rings. The highest BCUT2D eigenvalue weighted by molar-refractivity contribution is 8.45. The normalized spacial score (nSPS) is 15.0. The number of hydrogen-bond donors (Lipinski definition) is 0. The molecule has 0 saturated heterocycles. The fourth-order valence-corrected chi connectivity index (χ4v) is 4.31. The van der Waals surface area contributed by atoms with Crippen LogP contribution in [0.15, 0.2) is 53.2 Å². The maximum absolute atomic E-state index is 12.3. The van der Waals surface area contributed by atoms with Gasteiger partial charge in [0.2, 0.25) is 10.9 Å². The van der Waals surface area contributed by atoms with E-state index in [0.717, 1.165) is 27.5 Å². The second-order valence-corrected chi connectivity index (χ2v) is 7.71. The van der Waals surface area contributed by atoms with Crippen molar-refractivity contribution in [2.45, 2.75) is 5.75 Å². The summed E-state index contributed by atoms with van der Waals surface area (Å²) in [7, 11) is 4.67. The van der Waals surface area contributed by atoms with Crippen molar-refractivity contribution < 1.29 is 19.0 Å². The van der Waals surface area contributed by atoms with Crippen molar-refractivity contribution in [2.24, 2.45) is 4.99 Å². The maximum Gasteiger partial charge on any atom is 0.244 e. The maximum atomic E-state index is 12.3. The molecule has 5 nitrogen and oxygen atoms in total. The monoisotopic (exact) mass is 401 g/mol. The van der Waals surface area contributed by atoms with Gasteiger partial charge >= 0.3 is 0 Å². The summed E-state index contributed by atoms with van der Waals surface area (Å²) < 4.78 is 16.8. The minimum Gasteiger partial charge on any atom is -0.493 e. The van der Waals surface area contributed by atoms with E-state index in [1.807, 2.05) is 18.2 Å². The van der Waals surface area contributed by atoms with Gasteiger partial charge in [-0.05, 0) is 41.1 Å². The third-order valence-corrected chi connectivity index (χ3v) is 5.88. The standard InChI is InChI=1S/C20H19NO4S2/c1-23-16-10-14(11-17(24-2)18(16)25-3)9-15-19(22)27-20(21-15)26-12-13-7-5-4-6-8-13/h4-11H,12H2,1-3H3/b15-9+. The number of thioether (sulfide) groups is 2. The van der Waals surface area contributed by atoms with Crippen LogP contribution in [0.1, 0.15) is 11.1 Å². The van der Waals surface area contributed by atoms with Crippen molar-refractivity contribution in [2.75, 3.05) is 21.3 Å². The van der Waals surface area contributed by atoms with Crippen LogP contribution in [-0.4, -0.2) is 30.8 Å².